The van der Waals surface area contributed by atoms with Crippen molar-refractivity contribution >= 4 is 17.6 Å². The predicted molar refractivity (Wildman–Crippen MR) is 59.6 cm³/mol. The minimum Gasteiger partial charge on any atom is -0.467 e. The topological polar surface area (TPSA) is 127 Å². The van der Waals surface area contributed by atoms with Crippen molar-refractivity contribution in [2.45, 2.75) is 42.8 Å². The van der Waals surface area contributed by atoms with Gasteiger partial charge in [-0.3, -0.25) is 0 Å². The second kappa shape index (κ2) is 4.29. The molecule has 0 aliphatic heterocycles. The Hall–Kier alpha value is -0.440. The van der Waals surface area contributed by atoms with Crippen LogP contribution in [-0.4, -0.2) is 67.6 Å². The van der Waals surface area contributed by atoms with Crippen molar-refractivity contribution in [2.24, 2.45) is 5.41 Å². The molecule has 1 saturated carbocycles. The van der Waals surface area contributed by atoms with Crippen molar-refractivity contribution < 1.29 is 35.1 Å². The standard InChI is InChI=1S/C10H17ClO7/c1-8(2)9(16,5(13)4(12)6(11)14)10(8,17)7(15)18-3/h4-6,12-14,16-17H,1-3H3/t4-,5-,6?,9-,10+/m1/s1. The van der Waals surface area contributed by atoms with E-state index < -0.39 is 40.4 Å². The van der Waals surface area contributed by atoms with Crippen LogP contribution in [0.5, 0.6) is 0 Å². The van der Waals surface area contributed by atoms with Gasteiger partial charge in [0.1, 0.15) is 17.8 Å². The lowest BCUT2D eigenvalue weighted by Gasteiger charge is -2.26. The molecular weight excluding hydrogens is 268 g/mol. The maximum Gasteiger partial charge on any atom is 0.341 e. The average molecular weight is 285 g/mol. The summed E-state index contributed by atoms with van der Waals surface area (Å²) >= 11 is 5.19. The summed E-state index contributed by atoms with van der Waals surface area (Å²) in [6.45, 7) is 2.61. The van der Waals surface area contributed by atoms with E-state index in [1.54, 1.807) is 0 Å². The Bertz CT molecular complexity index is 358. The van der Waals surface area contributed by atoms with Gasteiger partial charge in [-0.05, 0) is 0 Å². The van der Waals surface area contributed by atoms with Crippen LogP contribution < -0.4 is 0 Å². The molecule has 0 aromatic heterocycles. The van der Waals surface area contributed by atoms with E-state index in [2.05, 4.69) is 4.74 Å². The highest BCUT2D eigenvalue weighted by molar-refractivity contribution is 6.19. The Morgan fingerprint density at radius 1 is 1.22 bits per heavy atom. The molecule has 1 fully saturated rings. The number of halogens is 1. The van der Waals surface area contributed by atoms with E-state index in [1.807, 2.05) is 0 Å². The molecule has 1 rings (SSSR count). The molecule has 106 valence electrons. The van der Waals surface area contributed by atoms with Gasteiger partial charge >= 0.3 is 5.97 Å². The van der Waals surface area contributed by atoms with Gasteiger partial charge in [0.2, 0.25) is 5.60 Å². The van der Waals surface area contributed by atoms with Crippen LogP contribution >= 0.6 is 11.6 Å². The van der Waals surface area contributed by atoms with E-state index in [0.29, 0.717) is 0 Å². The van der Waals surface area contributed by atoms with Crippen molar-refractivity contribution in [2.75, 3.05) is 7.11 Å². The smallest absolute Gasteiger partial charge is 0.341 e. The van der Waals surface area contributed by atoms with Crippen LogP contribution in [0.15, 0.2) is 0 Å². The SMILES string of the molecule is COC(=O)[C@]1(O)C(C)(C)[C@]1(O)[C@H](O)[C@@H](O)C(O)Cl. The number of alkyl halides is 1. The third-order valence-corrected chi connectivity index (χ3v) is 4.12. The quantitative estimate of drug-likeness (QED) is 0.297. The maximum atomic E-state index is 11.5. The highest BCUT2D eigenvalue weighted by Crippen LogP contribution is 2.67. The number of hydrogen-bond acceptors (Lipinski definition) is 7. The Kier molecular flexibility index (Phi) is 3.72. The van der Waals surface area contributed by atoms with Gasteiger partial charge in [0.25, 0.3) is 0 Å². The number of carbonyl (C=O) groups is 1. The molecule has 0 bridgehead atoms. The first-order chi connectivity index (χ1) is 8.00. The molecule has 0 aromatic rings. The fraction of sp³-hybridized carbons (Fsp3) is 0.900. The molecule has 18 heavy (non-hydrogen) atoms. The summed E-state index contributed by atoms with van der Waals surface area (Å²) in [4.78, 5) is 11.5. The number of aliphatic hydroxyl groups excluding tert-OH is 3. The largest absolute Gasteiger partial charge is 0.467 e. The second-order valence-corrected chi connectivity index (χ2v) is 5.35. The molecular formula is C10H17ClO7. The maximum absolute atomic E-state index is 11.5. The molecule has 1 unspecified atom stereocenters. The zero-order valence-corrected chi connectivity index (χ0v) is 10.9. The van der Waals surface area contributed by atoms with Gasteiger partial charge in [0, 0.05) is 5.41 Å². The predicted octanol–water partition coefficient (Wildman–Crippen LogP) is -2.06. The average Bonchev–Trinajstić information content (AvgIpc) is 2.67. The summed E-state index contributed by atoms with van der Waals surface area (Å²) in [6, 6.07) is 0. The lowest BCUT2D eigenvalue weighted by Crippen LogP contribution is -2.51. The van der Waals surface area contributed by atoms with Crippen LogP contribution in [-0.2, 0) is 9.53 Å². The first kappa shape index (κ1) is 15.6. The van der Waals surface area contributed by atoms with Crippen LogP contribution in [0.4, 0.5) is 0 Å². The molecule has 0 saturated heterocycles. The first-order valence-electron chi connectivity index (χ1n) is 5.21. The first-order valence-corrected chi connectivity index (χ1v) is 5.65. The van der Waals surface area contributed by atoms with Crippen LogP contribution in [0.2, 0.25) is 0 Å². The molecule has 0 spiro atoms. The van der Waals surface area contributed by atoms with Gasteiger partial charge < -0.3 is 30.3 Å². The number of ether oxygens (including phenoxy) is 1. The minimum absolute atomic E-state index is 1.01. The number of carbonyl (C=O) groups excluding carboxylic acids is 1. The summed E-state index contributed by atoms with van der Waals surface area (Å²) in [6.07, 6.45) is -3.96. The molecule has 5 N–H and O–H groups in total. The van der Waals surface area contributed by atoms with Crippen molar-refractivity contribution in [1.82, 2.24) is 0 Å². The second-order valence-electron chi connectivity index (χ2n) is 4.90. The van der Waals surface area contributed by atoms with Crippen molar-refractivity contribution in [3.8, 4) is 0 Å². The molecule has 0 radical (unpaired) electrons. The molecule has 1 aliphatic rings. The van der Waals surface area contributed by atoms with Crippen LogP contribution in [0.3, 0.4) is 0 Å². The summed E-state index contributed by atoms with van der Waals surface area (Å²) in [5.74, 6) is -1.15. The Morgan fingerprint density at radius 2 is 1.67 bits per heavy atom. The van der Waals surface area contributed by atoms with Gasteiger partial charge in [-0.1, -0.05) is 25.4 Å². The number of aliphatic hydroxyl groups is 5. The molecule has 5 atom stereocenters. The number of methoxy groups -OCH3 is 1. The fourth-order valence-corrected chi connectivity index (χ4v) is 2.54. The summed E-state index contributed by atoms with van der Waals surface area (Å²) < 4.78 is 4.36. The van der Waals surface area contributed by atoms with E-state index >= 15 is 0 Å². The van der Waals surface area contributed by atoms with Gasteiger partial charge in [-0.2, -0.15) is 0 Å². The monoisotopic (exact) mass is 284 g/mol. The zero-order valence-electron chi connectivity index (χ0n) is 10.2. The molecule has 1 aliphatic carbocycles. The fourth-order valence-electron chi connectivity index (χ4n) is 2.40. The van der Waals surface area contributed by atoms with Gasteiger partial charge in [-0.25, -0.2) is 4.79 Å². The Labute approximate surface area is 109 Å². The molecule has 0 amide bonds. The van der Waals surface area contributed by atoms with Gasteiger partial charge in [0.15, 0.2) is 5.56 Å². The summed E-state index contributed by atoms with van der Waals surface area (Å²) in [5, 5.41) is 48.5. The Morgan fingerprint density at radius 3 is 2.00 bits per heavy atom. The van der Waals surface area contributed by atoms with Gasteiger partial charge in [-0.15, -0.1) is 0 Å². The van der Waals surface area contributed by atoms with Crippen LogP contribution in [0, 0.1) is 5.41 Å². The molecule has 0 heterocycles. The third-order valence-electron chi connectivity index (χ3n) is 3.86. The summed E-state index contributed by atoms with van der Waals surface area (Å²) in [5.41, 5.74) is -8.09. The molecule has 0 aromatic carbocycles. The summed E-state index contributed by atoms with van der Waals surface area (Å²) in [7, 11) is 1.01. The number of rotatable bonds is 4. The molecule has 7 nitrogen and oxygen atoms in total. The highest BCUT2D eigenvalue weighted by Gasteiger charge is 2.90. The molecule has 8 heteroatoms. The van der Waals surface area contributed by atoms with E-state index in [0.717, 1.165) is 7.11 Å². The van der Waals surface area contributed by atoms with E-state index in [9.17, 15) is 25.2 Å². The highest BCUT2D eigenvalue weighted by atomic mass is 35.5. The van der Waals surface area contributed by atoms with Crippen LogP contribution in [0.25, 0.3) is 0 Å². The van der Waals surface area contributed by atoms with E-state index in [-0.39, 0.29) is 0 Å². The number of hydrogen-bond donors (Lipinski definition) is 5. The lowest BCUT2D eigenvalue weighted by molar-refractivity contribution is -0.168. The number of esters is 1. The van der Waals surface area contributed by atoms with Crippen molar-refractivity contribution in [3.63, 3.8) is 0 Å². The lowest BCUT2D eigenvalue weighted by atomic mass is 9.98. The minimum atomic E-state index is -2.39. The third kappa shape index (κ3) is 1.52. The Balaban J connectivity index is 3.12. The van der Waals surface area contributed by atoms with Crippen LogP contribution in [0.1, 0.15) is 13.8 Å². The van der Waals surface area contributed by atoms with E-state index in [1.165, 1.54) is 13.8 Å². The van der Waals surface area contributed by atoms with Crippen molar-refractivity contribution in [1.29, 1.82) is 0 Å². The zero-order chi connectivity index (χ0) is 14.5. The van der Waals surface area contributed by atoms with Crippen molar-refractivity contribution in [3.05, 3.63) is 0 Å². The normalized spacial score (nSPS) is 38.7. The van der Waals surface area contributed by atoms with E-state index in [4.69, 9.17) is 16.7 Å². The van der Waals surface area contributed by atoms with Gasteiger partial charge in [0.05, 0.1) is 7.11 Å².